The number of carboxylic acid groups (broad SMARTS) is 1. The van der Waals surface area contributed by atoms with E-state index in [4.69, 9.17) is 5.11 Å². The van der Waals surface area contributed by atoms with Gasteiger partial charge in [0.1, 0.15) is 0 Å². The number of nitrogens with zero attached hydrogens (tertiary/aromatic N) is 1. The normalized spacial score (nSPS) is 22.8. The van der Waals surface area contributed by atoms with Crippen LogP contribution >= 0.6 is 0 Å². The van der Waals surface area contributed by atoms with Crippen LogP contribution in [-0.2, 0) is 16.9 Å². The first-order chi connectivity index (χ1) is 8.35. The van der Waals surface area contributed by atoms with Gasteiger partial charge in [0.05, 0.1) is 0 Å². The molecule has 0 aliphatic carbocycles. The van der Waals surface area contributed by atoms with E-state index in [1.54, 1.807) is 6.07 Å². The molecule has 0 bridgehead atoms. The molecule has 2 N–H and O–H groups in total. The first-order valence-corrected chi connectivity index (χ1v) is 5.22. The van der Waals surface area contributed by atoms with Crippen molar-refractivity contribution in [2.75, 3.05) is 0 Å². The summed E-state index contributed by atoms with van der Waals surface area (Å²) in [6, 6.07) is 5.72. The fraction of sp³-hybridized carbons (Fsp3) is 0.364. The Morgan fingerprint density at radius 1 is 1.44 bits per heavy atom. The number of halogens is 3. The van der Waals surface area contributed by atoms with Crippen molar-refractivity contribution in [3.63, 3.8) is 0 Å². The van der Waals surface area contributed by atoms with E-state index in [0.717, 1.165) is 0 Å². The molecule has 1 saturated heterocycles. The van der Waals surface area contributed by atoms with Crippen LogP contribution < -0.4 is 5.43 Å². The van der Waals surface area contributed by atoms with E-state index < -0.39 is 17.8 Å². The number of carbonyl (C=O) groups is 1. The molecule has 1 aromatic rings. The second-order valence-electron chi connectivity index (χ2n) is 4.03. The van der Waals surface area contributed by atoms with E-state index in [-0.39, 0.29) is 18.4 Å². The minimum Gasteiger partial charge on any atom is -0.570 e. The fourth-order valence-electron chi connectivity index (χ4n) is 1.68. The molecule has 1 fully saturated rings. The zero-order chi connectivity index (χ0) is 13.4. The monoisotopic (exact) mass is 259 g/mol. The maximum absolute atomic E-state index is 12.8. The molecule has 1 heterocycles. The van der Waals surface area contributed by atoms with Crippen LogP contribution in [0.15, 0.2) is 24.3 Å². The number of hydrogen-bond acceptors (Lipinski definition) is 2. The number of nitrogens with one attached hydrogen (secondary N) is 1. The first kappa shape index (κ1) is 12.8. The second kappa shape index (κ2) is 4.25. The topological polar surface area (TPSA) is 73.3 Å². The number of rotatable bonds is 4. The highest BCUT2D eigenvalue weighted by molar-refractivity contribution is 5.67. The van der Waals surface area contributed by atoms with Gasteiger partial charge in [-0.05, 0) is 17.5 Å². The van der Waals surface area contributed by atoms with Crippen molar-refractivity contribution in [2.45, 2.75) is 24.7 Å². The van der Waals surface area contributed by atoms with Crippen molar-refractivity contribution in [1.29, 1.82) is 0 Å². The lowest BCUT2D eigenvalue weighted by Crippen LogP contribution is -2.32. The van der Waals surface area contributed by atoms with Crippen molar-refractivity contribution >= 4 is 5.97 Å². The average molecular weight is 259 g/mol. The molecule has 1 aliphatic heterocycles. The fourth-order valence-corrected chi connectivity index (χ4v) is 1.68. The number of benzene rings is 1. The molecule has 0 amide bonds. The molecule has 0 spiro atoms. The van der Waals surface area contributed by atoms with Crippen LogP contribution in [0.4, 0.5) is 13.2 Å². The largest absolute Gasteiger partial charge is 0.570 e. The predicted octanol–water partition coefficient (Wildman–Crippen LogP) is 2.31. The molecule has 98 valence electrons. The van der Waals surface area contributed by atoms with E-state index in [1.165, 1.54) is 18.2 Å². The third-order valence-electron chi connectivity index (χ3n) is 2.72. The second-order valence-corrected chi connectivity index (χ2v) is 4.03. The lowest BCUT2D eigenvalue weighted by Gasteiger charge is -2.24. The highest BCUT2D eigenvalue weighted by Crippen LogP contribution is 2.51. The molecule has 1 aromatic carbocycles. The minimum atomic E-state index is -4.50. The van der Waals surface area contributed by atoms with Crippen molar-refractivity contribution in [3.8, 4) is 0 Å². The molecule has 2 rings (SSSR count). The molecule has 0 saturated carbocycles. The molecule has 0 aromatic heterocycles. The smallest absolute Gasteiger partial charge is 0.391 e. The molecule has 1 atom stereocenters. The molecular formula is C11H10F3N2O2-. The maximum Gasteiger partial charge on any atom is 0.391 e. The van der Waals surface area contributed by atoms with Gasteiger partial charge in [-0.3, -0.25) is 4.79 Å². The van der Waals surface area contributed by atoms with Crippen molar-refractivity contribution in [3.05, 3.63) is 40.8 Å². The van der Waals surface area contributed by atoms with Crippen LogP contribution in [0.2, 0.25) is 0 Å². The molecule has 18 heavy (non-hydrogen) atoms. The predicted molar refractivity (Wildman–Crippen MR) is 56.6 cm³/mol. The summed E-state index contributed by atoms with van der Waals surface area (Å²) < 4.78 is 38.3. The van der Waals surface area contributed by atoms with Gasteiger partial charge in [-0.2, -0.15) is 13.2 Å². The molecular weight excluding hydrogens is 249 g/mol. The van der Waals surface area contributed by atoms with Crippen molar-refractivity contribution < 1.29 is 23.1 Å². The van der Waals surface area contributed by atoms with Gasteiger partial charge in [0.2, 0.25) is 0 Å². The number of aliphatic carboxylic acids is 1. The maximum atomic E-state index is 12.8. The molecule has 7 heteroatoms. The van der Waals surface area contributed by atoms with Gasteiger partial charge >= 0.3 is 12.1 Å². The standard InChI is InChI=1S/C11H10F3N2O2/c12-11(13,14)10(15-16-10)8-3-1-2-7(6-8)4-5-9(17)18/h1-3,6,15H,4-5H2,(H,17,18)/q-1. The zero-order valence-electron chi connectivity index (χ0n) is 9.16. The Morgan fingerprint density at radius 3 is 2.61 bits per heavy atom. The summed E-state index contributed by atoms with van der Waals surface area (Å²) >= 11 is 0. The van der Waals surface area contributed by atoms with Gasteiger partial charge in [-0.1, -0.05) is 24.3 Å². The van der Waals surface area contributed by atoms with E-state index >= 15 is 0 Å². The van der Waals surface area contributed by atoms with Crippen LogP contribution in [0.1, 0.15) is 17.5 Å². The van der Waals surface area contributed by atoms with Crippen LogP contribution in [0, 0.1) is 0 Å². The Morgan fingerprint density at radius 2 is 2.11 bits per heavy atom. The van der Waals surface area contributed by atoms with Gasteiger partial charge in [0.25, 0.3) is 0 Å². The summed E-state index contributed by atoms with van der Waals surface area (Å²) in [7, 11) is 0. The molecule has 4 nitrogen and oxygen atoms in total. The van der Waals surface area contributed by atoms with Crippen LogP contribution in [0.3, 0.4) is 0 Å². The third kappa shape index (κ3) is 2.32. The van der Waals surface area contributed by atoms with Gasteiger partial charge < -0.3 is 16.0 Å². The summed E-state index contributed by atoms with van der Waals surface area (Å²) in [5.74, 6) is -0.986. The Labute approximate surface area is 101 Å². The van der Waals surface area contributed by atoms with Crippen molar-refractivity contribution in [2.24, 2.45) is 0 Å². The summed E-state index contributed by atoms with van der Waals surface area (Å²) in [4.78, 5) is 10.4. The summed E-state index contributed by atoms with van der Waals surface area (Å²) in [5.41, 5.74) is 3.42. The summed E-state index contributed by atoms with van der Waals surface area (Å²) in [6.45, 7) is 0. The summed E-state index contributed by atoms with van der Waals surface area (Å²) in [5, 5.41) is 8.53. The Hall–Kier alpha value is -1.60. The van der Waals surface area contributed by atoms with E-state index in [1.807, 2.05) is 5.43 Å². The number of carboxylic acids is 1. The van der Waals surface area contributed by atoms with Gasteiger partial charge in [0, 0.05) is 12.1 Å². The van der Waals surface area contributed by atoms with E-state index in [9.17, 15) is 18.0 Å². The van der Waals surface area contributed by atoms with Crippen LogP contribution in [-0.4, -0.2) is 17.3 Å². The number of aryl methyl sites for hydroxylation is 1. The molecule has 0 radical (unpaired) electrons. The number of hydrogen-bond donors (Lipinski definition) is 2. The van der Waals surface area contributed by atoms with Crippen LogP contribution in [0.25, 0.3) is 5.43 Å². The zero-order valence-corrected chi connectivity index (χ0v) is 9.16. The Kier molecular flexibility index (Phi) is 3.04. The minimum absolute atomic E-state index is 0.0158. The SMILES string of the molecule is O=C(O)CCc1cccc(C2(C(F)(F)F)[N-]N2)c1. The molecule has 1 aliphatic rings. The van der Waals surface area contributed by atoms with E-state index in [2.05, 4.69) is 5.43 Å². The van der Waals surface area contributed by atoms with E-state index in [0.29, 0.717) is 5.56 Å². The highest BCUT2D eigenvalue weighted by Gasteiger charge is 2.53. The molecule has 1 unspecified atom stereocenters. The van der Waals surface area contributed by atoms with Gasteiger partial charge in [-0.15, -0.1) is 0 Å². The lowest BCUT2D eigenvalue weighted by atomic mass is 9.99. The van der Waals surface area contributed by atoms with Gasteiger partial charge in [0.15, 0.2) is 0 Å². The van der Waals surface area contributed by atoms with Gasteiger partial charge in [-0.25, -0.2) is 0 Å². The lowest BCUT2D eigenvalue weighted by molar-refractivity contribution is -0.159. The summed E-state index contributed by atoms with van der Waals surface area (Å²) in [6.07, 6.45) is -4.43. The number of alkyl halides is 3. The average Bonchev–Trinajstić information content (AvgIpc) is 3.07. The quantitative estimate of drug-likeness (QED) is 0.815. The Bertz CT molecular complexity index is 470. The van der Waals surface area contributed by atoms with Crippen molar-refractivity contribution in [1.82, 2.24) is 5.43 Å². The first-order valence-electron chi connectivity index (χ1n) is 5.22. The third-order valence-corrected chi connectivity index (χ3v) is 2.72. The van der Waals surface area contributed by atoms with Crippen LogP contribution in [0.5, 0.6) is 0 Å². The highest BCUT2D eigenvalue weighted by atomic mass is 19.4. The Balaban J connectivity index is 2.20.